The van der Waals surface area contributed by atoms with Crippen LogP contribution in [-0.4, -0.2) is 34.8 Å². The van der Waals surface area contributed by atoms with E-state index in [1.165, 1.54) is 5.56 Å². The fourth-order valence-corrected chi connectivity index (χ4v) is 1.96. The van der Waals surface area contributed by atoms with Gasteiger partial charge in [-0.25, -0.2) is 4.68 Å². The summed E-state index contributed by atoms with van der Waals surface area (Å²) in [7, 11) is 1.72. The molecule has 1 aromatic carbocycles. The highest BCUT2D eigenvalue weighted by Gasteiger charge is 2.07. The summed E-state index contributed by atoms with van der Waals surface area (Å²) in [6, 6.07) is 8.64. The normalized spacial score (nSPS) is 11.2. The van der Waals surface area contributed by atoms with Crippen LogP contribution < -0.4 is 5.32 Å². The maximum Gasteiger partial charge on any atom is 0.0969 e. The van der Waals surface area contributed by atoms with E-state index in [4.69, 9.17) is 4.74 Å². The van der Waals surface area contributed by atoms with Crippen molar-refractivity contribution in [3.8, 4) is 5.69 Å². The van der Waals surface area contributed by atoms with E-state index in [1.807, 2.05) is 23.0 Å². The number of benzene rings is 1. The molecule has 0 bridgehead atoms. The summed E-state index contributed by atoms with van der Waals surface area (Å²) in [5.74, 6) is 0. The largest absolute Gasteiger partial charge is 0.384 e. The number of para-hydroxylation sites is 1. The van der Waals surface area contributed by atoms with Gasteiger partial charge in [-0.1, -0.05) is 37.3 Å². The molecule has 1 heterocycles. The molecule has 0 amide bonds. The van der Waals surface area contributed by atoms with Gasteiger partial charge in [0.2, 0.25) is 0 Å². The first kappa shape index (κ1) is 14.7. The Morgan fingerprint density at radius 2 is 2.10 bits per heavy atom. The average Bonchev–Trinajstić information content (AvgIpc) is 2.92. The first-order valence-corrected chi connectivity index (χ1v) is 6.92. The lowest BCUT2D eigenvalue weighted by molar-refractivity contribution is 0.202. The van der Waals surface area contributed by atoms with Crippen molar-refractivity contribution in [1.29, 1.82) is 0 Å². The van der Waals surface area contributed by atoms with Gasteiger partial charge in [-0.2, -0.15) is 0 Å². The standard InChI is InChI=1S/C15H22N4O/c1-12(2)16-10-14-11-19(18-17-14)15-7-5-4-6-13(15)8-9-20-3/h4-7,11-12,16H,8-10H2,1-3H3. The van der Waals surface area contributed by atoms with E-state index in [1.54, 1.807) is 7.11 Å². The number of rotatable bonds is 7. The molecule has 0 unspecified atom stereocenters. The number of hydrogen-bond acceptors (Lipinski definition) is 4. The lowest BCUT2D eigenvalue weighted by Crippen LogP contribution is -2.21. The Labute approximate surface area is 120 Å². The monoisotopic (exact) mass is 274 g/mol. The highest BCUT2D eigenvalue weighted by Crippen LogP contribution is 2.14. The molecule has 2 aromatic rings. The van der Waals surface area contributed by atoms with Crippen LogP contribution in [0.15, 0.2) is 30.5 Å². The lowest BCUT2D eigenvalue weighted by atomic mass is 10.1. The predicted octanol–water partition coefficient (Wildman–Crippen LogP) is 1.95. The second-order valence-electron chi connectivity index (χ2n) is 5.06. The number of aromatic nitrogens is 3. The summed E-state index contributed by atoms with van der Waals surface area (Å²) in [4.78, 5) is 0. The van der Waals surface area contributed by atoms with Crippen LogP contribution in [0.25, 0.3) is 5.69 Å². The molecule has 0 saturated heterocycles. The van der Waals surface area contributed by atoms with Crippen LogP contribution in [0.4, 0.5) is 0 Å². The molecule has 0 spiro atoms. The van der Waals surface area contributed by atoms with Gasteiger partial charge in [0, 0.05) is 19.7 Å². The first-order valence-electron chi connectivity index (χ1n) is 6.92. The highest BCUT2D eigenvalue weighted by molar-refractivity contribution is 5.40. The number of ether oxygens (including phenoxy) is 1. The minimum Gasteiger partial charge on any atom is -0.384 e. The van der Waals surface area contributed by atoms with Crippen molar-refractivity contribution in [2.45, 2.75) is 32.9 Å². The SMILES string of the molecule is COCCc1ccccc1-n1cc(CNC(C)C)nn1. The van der Waals surface area contributed by atoms with Gasteiger partial charge >= 0.3 is 0 Å². The van der Waals surface area contributed by atoms with Crippen LogP contribution in [0, 0.1) is 0 Å². The van der Waals surface area contributed by atoms with E-state index >= 15 is 0 Å². The van der Waals surface area contributed by atoms with Gasteiger partial charge in [-0.3, -0.25) is 0 Å². The van der Waals surface area contributed by atoms with Crippen LogP contribution >= 0.6 is 0 Å². The van der Waals surface area contributed by atoms with E-state index in [0.717, 1.165) is 24.3 Å². The Morgan fingerprint density at radius 1 is 1.30 bits per heavy atom. The maximum atomic E-state index is 5.15. The van der Waals surface area contributed by atoms with Gasteiger partial charge in [0.1, 0.15) is 0 Å². The van der Waals surface area contributed by atoms with Crippen molar-refractivity contribution in [3.63, 3.8) is 0 Å². The van der Waals surface area contributed by atoms with Crippen molar-refractivity contribution < 1.29 is 4.74 Å². The van der Waals surface area contributed by atoms with Gasteiger partial charge in [0.05, 0.1) is 24.2 Å². The molecule has 2 rings (SSSR count). The lowest BCUT2D eigenvalue weighted by Gasteiger charge is -2.08. The molecule has 1 aromatic heterocycles. The Hall–Kier alpha value is -1.72. The van der Waals surface area contributed by atoms with Gasteiger partial charge in [0.15, 0.2) is 0 Å². The third-order valence-corrected chi connectivity index (χ3v) is 3.05. The molecule has 5 nitrogen and oxygen atoms in total. The highest BCUT2D eigenvalue weighted by atomic mass is 16.5. The van der Waals surface area contributed by atoms with Crippen molar-refractivity contribution in [2.24, 2.45) is 0 Å². The number of hydrogen-bond donors (Lipinski definition) is 1. The molecule has 0 radical (unpaired) electrons. The van der Waals surface area contributed by atoms with Crippen LogP contribution in [0.1, 0.15) is 25.1 Å². The number of nitrogens with zero attached hydrogens (tertiary/aromatic N) is 3. The second kappa shape index (κ2) is 7.17. The molecule has 0 aliphatic heterocycles. The van der Waals surface area contributed by atoms with Crippen LogP contribution in [0.2, 0.25) is 0 Å². The summed E-state index contributed by atoms with van der Waals surface area (Å²) in [5, 5.41) is 11.8. The van der Waals surface area contributed by atoms with Crippen LogP contribution in [-0.2, 0) is 17.7 Å². The minimum atomic E-state index is 0.439. The summed E-state index contributed by atoms with van der Waals surface area (Å²) in [5.41, 5.74) is 3.22. The third-order valence-electron chi connectivity index (χ3n) is 3.05. The Bertz CT molecular complexity index is 536. The zero-order valence-corrected chi connectivity index (χ0v) is 12.3. The summed E-state index contributed by atoms with van der Waals surface area (Å²) in [6.45, 7) is 5.67. The minimum absolute atomic E-state index is 0.439. The summed E-state index contributed by atoms with van der Waals surface area (Å²) in [6.07, 6.45) is 2.84. The fraction of sp³-hybridized carbons (Fsp3) is 0.467. The van der Waals surface area contributed by atoms with Crippen LogP contribution in [0.5, 0.6) is 0 Å². The van der Waals surface area contributed by atoms with E-state index in [2.05, 4.69) is 41.6 Å². The molecule has 108 valence electrons. The Balaban J connectivity index is 2.15. The van der Waals surface area contributed by atoms with Gasteiger partial charge in [0.25, 0.3) is 0 Å². The topological polar surface area (TPSA) is 52.0 Å². The van der Waals surface area contributed by atoms with Gasteiger partial charge < -0.3 is 10.1 Å². The van der Waals surface area contributed by atoms with Crippen LogP contribution in [0.3, 0.4) is 0 Å². The molecule has 0 saturated carbocycles. The molecule has 0 fully saturated rings. The maximum absolute atomic E-state index is 5.15. The zero-order chi connectivity index (χ0) is 14.4. The molecular weight excluding hydrogens is 252 g/mol. The molecule has 5 heteroatoms. The van der Waals surface area contributed by atoms with Gasteiger partial charge in [-0.15, -0.1) is 5.10 Å². The fourth-order valence-electron chi connectivity index (χ4n) is 1.96. The van der Waals surface area contributed by atoms with Crippen molar-refractivity contribution in [2.75, 3.05) is 13.7 Å². The third kappa shape index (κ3) is 3.88. The number of nitrogens with one attached hydrogen (secondary N) is 1. The smallest absolute Gasteiger partial charge is 0.0969 e. The Morgan fingerprint density at radius 3 is 2.85 bits per heavy atom. The molecular formula is C15H22N4O. The zero-order valence-electron chi connectivity index (χ0n) is 12.3. The summed E-state index contributed by atoms with van der Waals surface area (Å²) >= 11 is 0. The van der Waals surface area contributed by atoms with E-state index in [9.17, 15) is 0 Å². The number of methoxy groups -OCH3 is 1. The van der Waals surface area contributed by atoms with E-state index in [0.29, 0.717) is 12.6 Å². The summed E-state index contributed by atoms with van der Waals surface area (Å²) < 4.78 is 6.99. The quantitative estimate of drug-likeness (QED) is 0.838. The average molecular weight is 274 g/mol. The molecule has 20 heavy (non-hydrogen) atoms. The van der Waals surface area contributed by atoms with E-state index < -0.39 is 0 Å². The van der Waals surface area contributed by atoms with Crippen molar-refractivity contribution >= 4 is 0 Å². The molecule has 1 N–H and O–H groups in total. The van der Waals surface area contributed by atoms with Crippen molar-refractivity contribution in [1.82, 2.24) is 20.3 Å². The van der Waals surface area contributed by atoms with Gasteiger partial charge in [-0.05, 0) is 18.1 Å². The molecule has 0 aliphatic carbocycles. The predicted molar refractivity (Wildman–Crippen MR) is 78.9 cm³/mol. The molecule has 0 atom stereocenters. The van der Waals surface area contributed by atoms with Crippen molar-refractivity contribution in [3.05, 3.63) is 41.7 Å². The second-order valence-corrected chi connectivity index (χ2v) is 5.06. The molecule has 0 aliphatic rings. The Kier molecular flexibility index (Phi) is 5.26. The van der Waals surface area contributed by atoms with E-state index in [-0.39, 0.29) is 0 Å². The first-order chi connectivity index (χ1) is 9.70.